The summed E-state index contributed by atoms with van der Waals surface area (Å²) in [5, 5.41) is 43.3. The molecule has 0 aliphatic rings. The number of carbonyl (C=O) groups is 5. The average Bonchev–Trinajstić information content (AvgIpc) is 1.96. The second kappa shape index (κ2) is 25.3. The normalized spacial score (nSPS) is 6.10. The van der Waals surface area contributed by atoms with Gasteiger partial charge in [0.2, 0.25) is 0 Å². The Kier molecular flexibility index (Phi) is 45.3. The van der Waals surface area contributed by atoms with Gasteiger partial charge in [0.05, 0.1) is 0 Å². The van der Waals surface area contributed by atoms with Gasteiger partial charge in [-0.15, -0.1) is 0 Å². The molecule has 16 heteroatoms. The van der Waals surface area contributed by atoms with Crippen molar-refractivity contribution in [2.45, 2.75) is 0 Å². The zero-order chi connectivity index (χ0) is 15.3. The summed E-state index contributed by atoms with van der Waals surface area (Å²) in [4.78, 5) is 45.9. The summed E-state index contributed by atoms with van der Waals surface area (Å²) in [6.07, 6.45) is -9.31. The Morgan fingerprint density at radius 3 is 0.810 bits per heavy atom. The average molecular weight is 362 g/mol. The molecular weight excluding hydrogens is 353 g/mol. The van der Waals surface area contributed by atoms with Crippen LogP contribution < -0.4 is 0 Å². The van der Waals surface area contributed by atoms with Crippen molar-refractivity contribution in [2.75, 3.05) is 0 Å². The van der Waals surface area contributed by atoms with E-state index in [1.54, 1.807) is 0 Å². The van der Waals surface area contributed by atoms with Crippen LogP contribution >= 0.6 is 0 Å². The van der Waals surface area contributed by atoms with E-state index in [4.69, 9.17) is 40.2 Å². The second-order valence-electron chi connectivity index (χ2n) is 1.55. The number of hydrogen-bond acceptors (Lipinski definition) is 7. The Morgan fingerprint density at radius 1 is 0.571 bits per heavy atom. The molecule has 0 atom stereocenters. The molecule has 0 aliphatic carbocycles. The Morgan fingerprint density at radius 2 is 0.714 bits per heavy atom. The van der Waals surface area contributed by atoms with E-state index in [-0.39, 0.29) is 110 Å². The Bertz CT molecular complexity index is 293. The second-order valence-corrected chi connectivity index (χ2v) is 1.55. The fraction of sp³-hybridized carbons (Fsp3) is 0. The van der Waals surface area contributed by atoms with Gasteiger partial charge < -0.3 is 40.1 Å². The summed E-state index contributed by atoms with van der Waals surface area (Å²) < 4.78 is 6.47. The van der Waals surface area contributed by atoms with Crippen LogP contribution in [-0.4, -0.2) is 172 Å². The van der Waals surface area contributed by atoms with Gasteiger partial charge >= 0.3 is 141 Å². The first-order chi connectivity index (χ1) is 7.98. The van der Waals surface area contributed by atoms with E-state index in [0.29, 0.717) is 0 Å². The summed E-state index contributed by atoms with van der Waals surface area (Å²) in [5.41, 5.74) is 0. The molecule has 0 heterocycles. The molecule has 0 spiro atoms. The van der Waals surface area contributed by atoms with E-state index in [0.717, 1.165) is 0 Å². The van der Waals surface area contributed by atoms with E-state index < -0.39 is 30.8 Å². The maximum atomic E-state index is 9.86. The van der Waals surface area contributed by atoms with Gasteiger partial charge in [-0.05, 0) is 0 Å². The number of rotatable bonds is 0. The molecule has 0 fully saturated rings. The molecule has 0 aliphatic heterocycles. The van der Waals surface area contributed by atoms with Gasteiger partial charge in [-0.25, -0.2) is 24.0 Å². The first-order valence-corrected chi connectivity index (χ1v) is 3.18. The Labute approximate surface area is 202 Å². The summed E-state index contributed by atoms with van der Waals surface area (Å²) in [6.45, 7) is 0. The zero-order valence-corrected chi connectivity index (χ0v) is 8.04. The third kappa shape index (κ3) is 98.0. The van der Waals surface area contributed by atoms with Crippen LogP contribution in [-0.2, 0) is 9.47 Å². The van der Waals surface area contributed by atoms with Crippen molar-refractivity contribution >= 4 is 141 Å². The van der Waals surface area contributed by atoms with Crippen LogP contribution in [0, 0.1) is 0 Å². The van der Waals surface area contributed by atoms with Crippen molar-refractivity contribution in [3.05, 3.63) is 0 Å². The number of hydrogen-bond donors (Lipinski definition) is 6. The monoisotopic (exact) mass is 362 g/mol. The van der Waals surface area contributed by atoms with Gasteiger partial charge in [-0.3, -0.25) is 0 Å². The molecule has 0 radical (unpaired) electrons. The van der Waals surface area contributed by atoms with Crippen LogP contribution in [0.15, 0.2) is 0 Å². The van der Waals surface area contributed by atoms with Crippen molar-refractivity contribution < 1.29 is 64.1 Å². The standard InChI is InChI=1S/C3H2O7.2CH2O3.K.2Na.3H/c4-1(5)9-3(8)10-2(6)7;2*2-1(3)4;;;;;;/h(H,4,5)(H,6,7);2*(H2,2,3,4);;;;;;. The first-order valence-electron chi connectivity index (χ1n) is 3.18. The molecule has 0 bridgehead atoms. The van der Waals surface area contributed by atoms with Crippen LogP contribution in [0.5, 0.6) is 0 Å². The maximum absolute atomic E-state index is 9.86. The van der Waals surface area contributed by atoms with Gasteiger partial charge in [0, 0.05) is 0 Å². The molecule has 0 aromatic rings. The van der Waals surface area contributed by atoms with Crippen molar-refractivity contribution in [1.82, 2.24) is 0 Å². The van der Waals surface area contributed by atoms with Crippen molar-refractivity contribution in [3.63, 3.8) is 0 Å². The van der Waals surface area contributed by atoms with E-state index in [9.17, 15) is 14.4 Å². The van der Waals surface area contributed by atoms with Crippen LogP contribution in [0.4, 0.5) is 24.0 Å². The number of carboxylic acid groups (broad SMARTS) is 6. The molecule has 0 amide bonds. The molecule has 0 unspecified atom stereocenters. The van der Waals surface area contributed by atoms with Gasteiger partial charge in [-0.2, -0.15) is 0 Å². The third-order valence-electron chi connectivity index (χ3n) is 0.341. The summed E-state index contributed by atoms with van der Waals surface area (Å²) in [7, 11) is 0. The molecule has 6 N–H and O–H groups in total. The predicted octanol–water partition coefficient (Wildman–Crippen LogP) is -1.01. The Hall–Kier alpha value is 0.386. The van der Waals surface area contributed by atoms with Crippen molar-refractivity contribution in [1.29, 1.82) is 0 Å². The number of carbonyl (C=O) groups excluding carboxylic acids is 1. The van der Waals surface area contributed by atoms with Crippen molar-refractivity contribution in [3.8, 4) is 0 Å². The molecule has 21 heavy (non-hydrogen) atoms. The van der Waals surface area contributed by atoms with Crippen LogP contribution in [0.2, 0.25) is 0 Å². The molecule has 0 aromatic carbocycles. The molecule has 0 rings (SSSR count). The summed E-state index contributed by atoms with van der Waals surface area (Å²) >= 11 is 0. The van der Waals surface area contributed by atoms with Gasteiger partial charge in [0.1, 0.15) is 0 Å². The minimum atomic E-state index is -1.92. The first kappa shape index (κ1) is 37.5. The summed E-state index contributed by atoms with van der Waals surface area (Å²) in [6, 6.07) is 0. The molecule has 0 aromatic heterocycles. The SMILES string of the molecule is O=C(O)O.O=C(O)O.O=C(O)OC(=O)OC(=O)O.[KH].[NaH].[NaH]. The van der Waals surface area contributed by atoms with Crippen LogP contribution in [0.3, 0.4) is 0 Å². The van der Waals surface area contributed by atoms with Gasteiger partial charge in [0.15, 0.2) is 0 Å². The van der Waals surface area contributed by atoms with Gasteiger partial charge in [0.25, 0.3) is 0 Å². The number of ether oxygens (including phenoxy) is 2. The van der Waals surface area contributed by atoms with E-state index in [1.807, 2.05) is 0 Å². The minimum absolute atomic E-state index is 0. The quantitative estimate of drug-likeness (QED) is 0.173. The fourth-order valence-corrected chi connectivity index (χ4v) is 0.163. The molecule has 13 nitrogen and oxygen atoms in total. The molecule has 110 valence electrons. The van der Waals surface area contributed by atoms with E-state index in [2.05, 4.69) is 9.47 Å². The molecular formula is C5H9KNa2O13. The zero-order valence-electron chi connectivity index (χ0n) is 8.04. The third-order valence-corrected chi connectivity index (χ3v) is 0.341. The fourth-order valence-electron chi connectivity index (χ4n) is 0.163. The predicted molar refractivity (Wildman–Crippen MR) is 66.4 cm³/mol. The van der Waals surface area contributed by atoms with E-state index in [1.165, 1.54) is 0 Å². The van der Waals surface area contributed by atoms with E-state index >= 15 is 0 Å². The summed E-state index contributed by atoms with van der Waals surface area (Å²) in [5.74, 6) is 0. The Balaban J connectivity index is -0.0000000439. The molecule has 0 saturated carbocycles. The van der Waals surface area contributed by atoms with Crippen molar-refractivity contribution in [2.24, 2.45) is 0 Å². The van der Waals surface area contributed by atoms with Gasteiger partial charge in [-0.1, -0.05) is 0 Å². The van der Waals surface area contributed by atoms with Crippen LogP contribution in [0.1, 0.15) is 0 Å². The van der Waals surface area contributed by atoms with Crippen LogP contribution in [0.25, 0.3) is 0 Å². The molecule has 0 saturated heterocycles. The topological polar surface area (TPSA) is 225 Å².